The van der Waals surface area contributed by atoms with Crippen LogP contribution in [0.3, 0.4) is 0 Å². The quantitative estimate of drug-likeness (QED) is 0.552. The van der Waals surface area contributed by atoms with Gasteiger partial charge in [0.1, 0.15) is 4.90 Å². The van der Waals surface area contributed by atoms with Gasteiger partial charge < -0.3 is 24.8 Å². The summed E-state index contributed by atoms with van der Waals surface area (Å²) in [4.78, 5) is 29.2. The molecule has 1 saturated heterocycles. The van der Waals surface area contributed by atoms with Gasteiger partial charge in [-0.25, -0.2) is 0 Å². The monoisotopic (exact) mass is 512 g/mol. The number of fused-ring (bicyclic) bond motifs is 2. The summed E-state index contributed by atoms with van der Waals surface area (Å²) >= 11 is 1.36. The molecule has 3 atom stereocenters. The number of ether oxygens (including phenoxy) is 1. The number of carbonyl (C=O) groups excluding carboxylic acids is 2. The molecule has 194 valence electrons. The summed E-state index contributed by atoms with van der Waals surface area (Å²) < 4.78 is 11.3. The van der Waals surface area contributed by atoms with Gasteiger partial charge >= 0.3 is 0 Å². The number of hydrogen-bond acceptors (Lipinski definition) is 7. The third kappa shape index (κ3) is 6.06. The summed E-state index contributed by atoms with van der Waals surface area (Å²) in [7, 11) is 0. The molecule has 0 spiro atoms. The number of hydrogen-bond donors (Lipinski definition) is 2. The van der Waals surface area contributed by atoms with Gasteiger partial charge in [0.15, 0.2) is 6.61 Å². The van der Waals surface area contributed by atoms with E-state index in [4.69, 9.17) is 9.26 Å². The second-order valence-corrected chi connectivity index (χ2v) is 11.5. The maximum atomic E-state index is 13.4. The van der Waals surface area contributed by atoms with Crippen molar-refractivity contribution in [3.63, 3.8) is 0 Å². The van der Waals surface area contributed by atoms with Crippen LogP contribution in [-0.2, 0) is 4.79 Å². The van der Waals surface area contributed by atoms with Crippen LogP contribution in [-0.4, -0.2) is 60.7 Å². The SMILES string of the molecule is CC(NC(=O)c1onc(OCC(=O)N2CCNCC2)c1Sc1ccccc1)C1CC2CCCC(C2)C1. The molecule has 2 aliphatic carbocycles. The van der Waals surface area contributed by atoms with E-state index in [1.165, 1.54) is 50.3 Å². The first-order valence-electron chi connectivity index (χ1n) is 13.2. The Balaban J connectivity index is 1.28. The fraction of sp³-hybridized carbons (Fsp3) is 0.593. The van der Waals surface area contributed by atoms with Gasteiger partial charge in [-0.15, -0.1) is 0 Å². The van der Waals surface area contributed by atoms with Gasteiger partial charge in [-0.2, -0.15) is 0 Å². The topological polar surface area (TPSA) is 96.7 Å². The number of nitrogens with zero attached hydrogens (tertiary/aromatic N) is 2. The number of nitrogens with one attached hydrogen (secondary N) is 2. The van der Waals surface area contributed by atoms with Crippen molar-refractivity contribution >= 4 is 23.6 Å². The Bertz CT molecular complexity index is 1030. The second-order valence-electron chi connectivity index (χ2n) is 10.4. The average Bonchev–Trinajstić information content (AvgIpc) is 3.30. The van der Waals surface area contributed by atoms with Crippen molar-refractivity contribution < 1.29 is 18.8 Å². The van der Waals surface area contributed by atoms with Crippen molar-refractivity contribution in [2.24, 2.45) is 17.8 Å². The summed E-state index contributed by atoms with van der Waals surface area (Å²) in [5.74, 6) is 2.01. The predicted molar refractivity (Wildman–Crippen MR) is 137 cm³/mol. The number of amides is 2. The van der Waals surface area contributed by atoms with E-state index >= 15 is 0 Å². The first-order valence-corrected chi connectivity index (χ1v) is 14.0. The lowest BCUT2D eigenvalue weighted by atomic mass is 9.66. The molecule has 2 N–H and O–H groups in total. The molecule has 1 aromatic heterocycles. The third-order valence-corrected chi connectivity index (χ3v) is 8.89. The Morgan fingerprint density at radius 1 is 1.17 bits per heavy atom. The summed E-state index contributed by atoms with van der Waals surface area (Å²) in [6, 6.07) is 9.78. The zero-order valence-electron chi connectivity index (χ0n) is 20.9. The molecule has 0 radical (unpaired) electrons. The average molecular weight is 513 g/mol. The highest BCUT2D eigenvalue weighted by Gasteiger charge is 2.35. The molecule has 2 aromatic rings. The van der Waals surface area contributed by atoms with E-state index in [0.29, 0.717) is 23.9 Å². The van der Waals surface area contributed by atoms with Crippen molar-refractivity contribution in [1.29, 1.82) is 0 Å². The van der Waals surface area contributed by atoms with Gasteiger partial charge in [0.2, 0.25) is 5.76 Å². The molecule has 2 heterocycles. The highest BCUT2D eigenvalue weighted by atomic mass is 32.2. The Morgan fingerprint density at radius 3 is 2.61 bits per heavy atom. The molecule has 5 rings (SSSR count). The van der Waals surface area contributed by atoms with Crippen LogP contribution in [0.2, 0.25) is 0 Å². The maximum Gasteiger partial charge on any atom is 0.291 e. The smallest absolute Gasteiger partial charge is 0.291 e. The fourth-order valence-electron chi connectivity index (χ4n) is 5.92. The van der Waals surface area contributed by atoms with Crippen LogP contribution in [0.1, 0.15) is 56.0 Å². The Morgan fingerprint density at radius 2 is 1.89 bits per heavy atom. The Kier molecular flexibility index (Phi) is 8.16. The van der Waals surface area contributed by atoms with Crippen molar-refractivity contribution in [3.05, 3.63) is 36.1 Å². The zero-order chi connectivity index (χ0) is 24.9. The van der Waals surface area contributed by atoms with E-state index in [0.717, 1.165) is 29.8 Å². The van der Waals surface area contributed by atoms with Gasteiger partial charge in [-0.05, 0) is 61.2 Å². The highest BCUT2D eigenvalue weighted by Crippen LogP contribution is 2.44. The lowest BCUT2D eigenvalue weighted by molar-refractivity contribution is -0.134. The highest BCUT2D eigenvalue weighted by molar-refractivity contribution is 7.99. The van der Waals surface area contributed by atoms with Crippen LogP contribution in [0.25, 0.3) is 0 Å². The molecule has 36 heavy (non-hydrogen) atoms. The molecule has 2 bridgehead atoms. The number of carbonyl (C=O) groups is 2. The molecule has 3 unspecified atom stereocenters. The van der Waals surface area contributed by atoms with Crippen LogP contribution in [0.15, 0.2) is 44.6 Å². The summed E-state index contributed by atoms with van der Waals surface area (Å²) in [6.07, 6.45) is 7.71. The molecular weight excluding hydrogens is 476 g/mol. The standard InChI is InChI=1S/C27H36N4O4S/c1-18(21-15-19-6-5-7-20(14-19)16-21)29-26(33)24-25(36-22-8-3-2-4-9-22)27(30-35-24)34-17-23(32)31-12-10-28-11-13-31/h2-4,8-9,18-21,28H,5-7,10-17H2,1H3,(H,29,33). The third-order valence-electron chi connectivity index (χ3n) is 7.82. The predicted octanol–water partition coefficient (Wildman–Crippen LogP) is 3.97. The van der Waals surface area contributed by atoms with E-state index in [-0.39, 0.29) is 36.1 Å². The minimum absolute atomic E-state index is 0.0548. The zero-order valence-corrected chi connectivity index (χ0v) is 21.7. The molecule has 9 heteroatoms. The maximum absolute atomic E-state index is 13.4. The molecule has 3 aliphatic rings. The summed E-state index contributed by atoms with van der Waals surface area (Å²) in [5.41, 5.74) is 0. The minimum Gasteiger partial charge on any atom is -0.465 e. The number of rotatable bonds is 8. The van der Waals surface area contributed by atoms with Crippen LogP contribution in [0.4, 0.5) is 0 Å². The van der Waals surface area contributed by atoms with Gasteiger partial charge in [0.05, 0.1) is 0 Å². The van der Waals surface area contributed by atoms with Crippen molar-refractivity contribution in [2.75, 3.05) is 32.8 Å². The van der Waals surface area contributed by atoms with E-state index in [2.05, 4.69) is 22.7 Å². The van der Waals surface area contributed by atoms with Crippen LogP contribution >= 0.6 is 11.8 Å². The van der Waals surface area contributed by atoms with Gasteiger partial charge in [0, 0.05) is 37.1 Å². The Hall–Kier alpha value is -2.52. The first kappa shape index (κ1) is 25.1. The number of piperazine rings is 1. The van der Waals surface area contributed by atoms with Gasteiger partial charge in [0.25, 0.3) is 17.7 Å². The van der Waals surface area contributed by atoms with E-state index in [1.807, 2.05) is 30.3 Å². The number of benzene rings is 1. The van der Waals surface area contributed by atoms with Gasteiger partial charge in [-0.3, -0.25) is 9.59 Å². The molecule has 2 amide bonds. The number of aromatic nitrogens is 1. The Labute approximate surface area is 216 Å². The molecule has 1 aliphatic heterocycles. The van der Waals surface area contributed by atoms with E-state index in [1.54, 1.807) is 4.90 Å². The van der Waals surface area contributed by atoms with Crippen LogP contribution in [0.5, 0.6) is 5.88 Å². The molecular formula is C27H36N4O4S. The van der Waals surface area contributed by atoms with Crippen molar-refractivity contribution in [1.82, 2.24) is 20.7 Å². The van der Waals surface area contributed by atoms with Crippen molar-refractivity contribution in [3.8, 4) is 5.88 Å². The fourth-order valence-corrected chi connectivity index (χ4v) is 6.85. The second kappa shape index (κ2) is 11.7. The van der Waals surface area contributed by atoms with Crippen LogP contribution in [0, 0.1) is 17.8 Å². The van der Waals surface area contributed by atoms with E-state index < -0.39 is 0 Å². The molecule has 2 saturated carbocycles. The first-order chi connectivity index (χ1) is 17.6. The molecule has 8 nitrogen and oxygen atoms in total. The largest absolute Gasteiger partial charge is 0.465 e. The minimum atomic E-state index is -0.285. The summed E-state index contributed by atoms with van der Waals surface area (Å²) in [5, 5.41) is 10.5. The molecule has 3 fully saturated rings. The lowest BCUT2D eigenvalue weighted by Gasteiger charge is -2.41. The van der Waals surface area contributed by atoms with Gasteiger partial charge in [-0.1, -0.05) is 49.2 Å². The van der Waals surface area contributed by atoms with E-state index in [9.17, 15) is 9.59 Å². The van der Waals surface area contributed by atoms with Crippen LogP contribution < -0.4 is 15.4 Å². The normalized spacial score (nSPS) is 24.7. The summed E-state index contributed by atoms with van der Waals surface area (Å²) in [6.45, 7) is 4.82. The molecule has 1 aromatic carbocycles. The van der Waals surface area contributed by atoms with Crippen molar-refractivity contribution in [2.45, 2.75) is 61.3 Å². The lowest BCUT2D eigenvalue weighted by Crippen LogP contribution is -2.47.